The van der Waals surface area contributed by atoms with E-state index < -0.39 is 11.9 Å². The first kappa shape index (κ1) is 13.7. The molecule has 0 saturated heterocycles. The number of carbonyl (C=O) groups excluding carboxylic acids is 1. The summed E-state index contributed by atoms with van der Waals surface area (Å²) in [5.41, 5.74) is 0.454. The van der Waals surface area contributed by atoms with E-state index >= 15 is 0 Å². The topological polar surface area (TPSA) is 79.3 Å². The van der Waals surface area contributed by atoms with Gasteiger partial charge in [-0.1, -0.05) is 0 Å². The molecule has 0 saturated carbocycles. The van der Waals surface area contributed by atoms with Crippen LogP contribution < -0.4 is 5.32 Å². The number of anilines is 1. The van der Waals surface area contributed by atoms with Crippen LogP contribution in [0.1, 0.15) is 25.6 Å². The smallest absolute Gasteiger partial charge is 0.338 e. The molecule has 2 heterocycles. The number of amides is 1. The Labute approximate surface area is 121 Å². The third kappa shape index (κ3) is 3.18. The largest absolute Gasteiger partial charge is 0.478 e. The fourth-order valence-corrected chi connectivity index (χ4v) is 2.74. The summed E-state index contributed by atoms with van der Waals surface area (Å²) in [6.07, 6.45) is 2.98. The lowest BCUT2D eigenvalue weighted by Gasteiger charge is -2.04. The lowest BCUT2D eigenvalue weighted by Crippen LogP contribution is -2.13. The quantitative estimate of drug-likeness (QED) is 0.899. The maximum Gasteiger partial charge on any atom is 0.338 e. The summed E-state index contributed by atoms with van der Waals surface area (Å²) in [7, 11) is 0. The molecule has 2 N–H and O–H groups in total. The summed E-state index contributed by atoms with van der Waals surface area (Å²) in [6.45, 7) is 1.79. The Kier molecular flexibility index (Phi) is 3.96. The standard InChI is InChI=1S/C12H9BrN2O3S/c1-6-2-9(12(17)18)11(19-6)15-10(16)7-3-8(13)5-14-4-7/h2-5H,1H3,(H,15,16)(H,17,18). The predicted molar refractivity (Wildman–Crippen MR) is 75.9 cm³/mol. The van der Waals surface area contributed by atoms with Crippen molar-refractivity contribution in [3.05, 3.63) is 45.0 Å². The Morgan fingerprint density at radius 2 is 2.11 bits per heavy atom. The SMILES string of the molecule is Cc1cc(C(=O)O)c(NC(=O)c2cncc(Br)c2)s1. The van der Waals surface area contributed by atoms with Gasteiger partial charge in [-0.2, -0.15) is 0 Å². The van der Waals surface area contributed by atoms with Crippen LogP contribution in [0.2, 0.25) is 0 Å². The third-order valence-electron chi connectivity index (χ3n) is 2.28. The summed E-state index contributed by atoms with van der Waals surface area (Å²) in [5.74, 6) is -1.45. The third-order valence-corrected chi connectivity index (χ3v) is 3.68. The van der Waals surface area contributed by atoms with Crippen LogP contribution in [-0.2, 0) is 0 Å². The van der Waals surface area contributed by atoms with Crippen molar-refractivity contribution in [2.45, 2.75) is 6.92 Å². The first-order valence-corrected chi connectivity index (χ1v) is 6.84. The van der Waals surface area contributed by atoms with Crippen LogP contribution in [-0.4, -0.2) is 22.0 Å². The van der Waals surface area contributed by atoms with Gasteiger partial charge in [0, 0.05) is 21.7 Å². The minimum absolute atomic E-state index is 0.0961. The van der Waals surface area contributed by atoms with Gasteiger partial charge in [0.2, 0.25) is 0 Å². The second kappa shape index (κ2) is 5.50. The molecule has 0 fully saturated rings. The molecule has 2 rings (SSSR count). The van der Waals surface area contributed by atoms with Crippen LogP contribution in [0.15, 0.2) is 29.0 Å². The van der Waals surface area contributed by atoms with Crippen LogP contribution in [0.25, 0.3) is 0 Å². The average Bonchev–Trinajstić information content (AvgIpc) is 2.70. The molecule has 0 bridgehead atoms. The highest BCUT2D eigenvalue weighted by atomic mass is 79.9. The lowest BCUT2D eigenvalue weighted by molar-refractivity contribution is 0.0698. The zero-order chi connectivity index (χ0) is 14.0. The Morgan fingerprint density at radius 3 is 2.74 bits per heavy atom. The van der Waals surface area contributed by atoms with Gasteiger partial charge in [0.25, 0.3) is 5.91 Å². The number of halogens is 1. The number of carboxylic acids is 1. The molecule has 2 aromatic heterocycles. The molecular formula is C12H9BrN2O3S. The first-order chi connectivity index (χ1) is 8.97. The van der Waals surface area contributed by atoms with Gasteiger partial charge < -0.3 is 10.4 Å². The van der Waals surface area contributed by atoms with Gasteiger partial charge in [-0.25, -0.2) is 4.79 Å². The normalized spacial score (nSPS) is 10.2. The number of hydrogen-bond acceptors (Lipinski definition) is 4. The molecule has 0 spiro atoms. The number of nitrogens with zero attached hydrogens (tertiary/aromatic N) is 1. The van der Waals surface area contributed by atoms with Crippen LogP contribution in [0.5, 0.6) is 0 Å². The van der Waals surface area contributed by atoms with Gasteiger partial charge in [0.1, 0.15) is 5.00 Å². The van der Waals surface area contributed by atoms with Crippen molar-refractivity contribution in [1.82, 2.24) is 4.98 Å². The van der Waals surface area contributed by atoms with Crippen molar-refractivity contribution in [1.29, 1.82) is 0 Å². The van der Waals surface area contributed by atoms with Gasteiger partial charge >= 0.3 is 5.97 Å². The Balaban J connectivity index is 2.26. The van der Waals surface area contributed by atoms with E-state index in [-0.39, 0.29) is 5.56 Å². The molecule has 5 nitrogen and oxygen atoms in total. The van der Waals surface area contributed by atoms with Gasteiger partial charge in [0.15, 0.2) is 0 Å². The second-order valence-electron chi connectivity index (χ2n) is 3.75. The van der Waals surface area contributed by atoms with E-state index in [1.807, 2.05) is 0 Å². The van der Waals surface area contributed by atoms with Crippen LogP contribution in [0.3, 0.4) is 0 Å². The van der Waals surface area contributed by atoms with E-state index in [2.05, 4.69) is 26.2 Å². The molecule has 0 aliphatic carbocycles. The van der Waals surface area contributed by atoms with Gasteiger partial charge in [-0.3, -0.25) is 9.78 Å². The average molecular weight is 341 g/mol. The molecule has 0 aromatic carbocycles. The van der Waals surface area contributed by atoms with E-state index in [1.54, 1.807) is 19.2 Å². The molecule has 1 amide bonds. The summed E-state index contributed by atoms with van der Waals surface area (Å²) in [5, 5.41) is 12.0. The second-order valence-corrected chi connectivity index (χ2v) is 5.92. The Bertz CT molecular complexity index is 654. The molecular weight excluding hydrogens is 332 g/mol. The first-order valence-electron chi connectivity index (χ1n) is 5.23. The molecule has 0 unspecified atom stereocenters. The fourth-order valence-electron chi connectivity index (χ4n) is 1.48. The number of aromatic carboxylic acids is 1. The van der Waals surface area contributed by atoms with Crippen molar-refractivity contribution in [3.8, 4) is 0 Å². The highest BCUT2D eigenvalue weighted by Gasteiger charge is 2.16. The number of pyridine rings is 1. The van der Waals surface area contributed by atoms with Crippen LogP contribution in [0, 0.1) is 6.92 Å². The van der Waals surface area contributed by atoms with E-state index in [4.69, 9.17) is 5.11 Å². The van der Waals surface area contributed by atoms with Crippen molar-refractivity contribution in [3.63, 3.8) is 0 Å². The van der Waals surface area contributed by atoms with E-state index in [0.29, 0.717) is 15.0 Å². The van der Waals surface area contributed by atoms with Gasteiger partial charge in [0.05, 0.1) is 11.1 Å². The van der Waals surface area contributed by atoms with Gasteiger partial charge in [-0.05, 0) is 35.0 Å². The fraction of sp³-hybridized carbons (Fsp3) is 0.0833. The van der Waals surface area contributed by atoms with E-state index in [0.717, 1.165) is 4.88 Å². The number of rotatable bonds is 3. The monoisotopic (exact) mass is 340 g/mol. The molecule has 7 heteroatoms. The highest BCUT2D eigenvalue weighted by Crippen LogP contribution is 2.28. The summed E-state index contributed by atoms with van der Waals surface area (Å²) >= 11 is 4.45. The minimum Gasteiger partial charge on any atom is -0.478 e. The lowest BCUT2D eigenvalue weighted by atomic mass is 10.2. The van der Waals surface area contributed by atoms with Gasteiger partial charge in [-0.15, -0.1) is 11.3 Å². The molecule has 0 radical (unpaired) electrons. The van der Waals surface area contributed by atoms with E-state index in [9.17, 15) is 9.59 Å². The number of hydrogen-bond donors (Lipinski definition) is 2. The number of aryl methyl sites for hydroxylation is 1. The van der Waals surface area contributed by atoms with Crippen molar-refractivity contribution < 1.29 is 14.7 Å². The summed E-state index contributed by atoms with van der Waals surface area (Å²) < 4.78 is 0.681. The molecule has 98 valence electrons. The zero-order valence-electron chi connectivity index (χ0n) is 9.81. The molecule has 0 aliphatic heterocycles. The predicted octanol–water partition coefficient (Wildman–Crippen LogP) is 3.16. The van der Waals surface area contributed by atoms with Crippen molar-refractivity contribution in [2.75, 3.05) is 5.32 Å². The number of aromatic nitrogens is 1. The molecule has 19 heavy (non-hydrogen) atoms. The molecule has 2 aromatic rings. The van der Waals surface area contributed by atoms with Crippen LogP contribution >= 0.6 is 27.3 Å². The number of nitrogens with one attached hydrogen (secondary N) is 1. The Morgan fingerprint density at radius 1 is 1.37 bits per heavy atom. The van der Waals surface area contributed by atoms with Crippen LogP contribution in [0.4, 0.5) is 5.00 Å². The van der Waals surface area contributed by atoms with Crippen molar-refractivity contribution in [2.24, 2.45) is 0 Å². The highest BCUT2D eigenvalue weighted by molar-refractivity contribution is 9.10. The number of carboxylic acid groups (broad SMARTS) is 1. The minimum atomic E-state index is -1.06. The summed E-state index contributed by atoms with van der Waals surface area (Å²) in [4.78, 5) is 27.7. The van der Waals surface area contributed by atoms with Crippen molar-refractivity contribution >= 4 is 44.1 Å². The molecule has 0 aliphatic rings. The maximum absolute atomic E-state index is 12.0. The summed E-state index contributed by atoms with van der Waals surface area (Å²) in [6, 6.07) is 3.14. The zero-order valence-corrected chi connectivity index (χ0v) is 12.2. The maximum atomic E-state index is 12.0. The number of carbonyl (C=O) groups is 2. The van der Waals surface area contributed by atoms with E-state index in [1.165, 1.54) is 23.6 Å². The number of thiophene rings is 1. The Hall–Kier alpha value is -1.73. The molecule has 0 atom stereocenters.